The van der Waals surface area contributed by atoms with Crippen molar-refractivity contribution >= 4 is 16.9 Å². The van der Waals surface area contributed by atoms with Gasteiger partial charge in [-0.15, -0.1) is 0 Å². The van der Waals surface area contributed by atoms with Gasteiger partial charge >= 0.3 is 6.09 Å². The van der Waals surface area contributed by atoms with Gasteiger partial charge in [-0.25, -0.2) is 4.79 Å². The molecule has 1 amide bonds. The summed E-state index contributed by atoms with van der Waals surface area (Å²) in [5, 5.41) is 10.6. The second kappa shape index (κ2) is 9.91. The van der Waals surface area contributed by atoms with Gasteiger partial charge in [-0.3, -0.25) is 9.19 Å². The highest BCUT2D eigenvalue weighted by Crippen LogP contribution is 2.42. The molecule has 2 heterocycles. The molecule has 1 aromatic heterocycles. The Kier molecular flexibility index (Phi) is 7.10. The van der Waals surface area contributed by atoms with Crippen LogP contribution in [0.3, 0.4) is 0 Å². The molecule has 1 N–H and O–H groups in total. The zero-order valence-electron chi connectivity index (χ0n) is 20.6. The van der Waals surface area contributed by atoms with Crippen molar-refractivity contribution in [1.29, 1.82) is 0 Å². The number of aromatic nitrogens is 1. The average Bonchev–Trinajstić information content (AvgIpc) is 2.83. The van der Waals surface area contributed by atoms with Gasteiger partial charge in [0.25, 0.3) is 0 Å². The molecule has 1 fully saturated rings. The zero-order chi connectivity index (χ0) is 25.2. The number of amides is 1. The van der Waals surface area contributed by atoms with Crippen molar-refractivity contribution < 1.29 is 18.8 Å². The van der Waals surface area contributed by atoms with E-state index in [1.54, 1.807) is 37.3 Å². The number of aliphatic hydroxyl groups is 1. The first-order chi connectivity index (χ1) is 16.6. The van der Waals surface area contributed by atoms with E-state index in [1.807, 2.05) is 67.6 Å². The lowest BCUT2D eigenvalue weighted by atomic mass is 9.80. The number of hydrogen-bond acceptors (Lipinski definition) is 5. The molecule has 0 aliphatic carbocycles. The van der Waals surface area contributed by atoms with Crippen LogP contribution in [0.1, 0.15) is 50.8 Å². The van der Waals surface area contributed by atoms with Crippen LogP contribution in [-0.4, -0.2) is 43.7 Å². The van der Waals surface area contributed by atoms with Crippen molar-refractivity contribution in [2.75, 3.05) is 12.8 Å². The predicted molar refractivity (Wildman–Crippen MR) is 137 cm³/mol. The number of nitrogens with zero attached hydrogens (tertiary/aromatic N) is 2. The third kappa shape index (κ3) is 5.63. The maximum atomic E-state index is 13.3. The molecule has 4 rings (SSSR count). The van der Waals surface area contributed by atoms with Gasteiger partial charge in [-0.2, -0.15) is 0 Å². The number of carbonyl (C=O) groups excluding carboxylic acids is 1. The highest BCUT2D eigenvalue weighted by atomic mass is 32.2. The fraction of sp³-hybridized carbons (Fsp3) is 0.357. The standard InChI is InChI=1S/C28H32N2O4S/c1-20(21-10-12-22(13-11-21)25-18-24(35(4)33)14-16-29-25)30-17-15-28(34-26(30)31,19-27(2,3)32)23-8-6-5-7-9-23/h5-14,16,18,20,32H,15,17,19H2,1-4H3/t20-,28-,35?/m0/s1. The molecular formula is C28H32N2O4S. The van der Waals surface area contributed by atoms with Gasteiger partial charge in [0.2, 0.25) is 0 Å². The van der Waals surface area contributed by atoms with Crippen LogP contribution >= 0.6 is 0 Å². The Morgan fingerprint density at radius 3 is 2.43 bits per heavy atom. The molecule has 3 aromatic rings. The second-order valence-corrected chi connectivity index (χ2v) is 11.2. The number of rotatable bonds is 7. The van der Waals surface area contributed by atoms with Crippen LogP contribution in [0.5, 0.6) is 0 Å². The first-order valence-corrected chi connectivity index (χ1v) is 13.3. The Morgan fingerprint density at radius 1 is 1.14 bits per heavy atom. The van der Waals surface area contributed by atoms with E-state index >= 15 is 0 Å². The maximum absolute atomic E-state index is 13.3. The summed E-state index contributed by atoms with van der Waals surface area (Å²) >= 11 is 0. The van der Waals surface area contributed by atoms with E-state index in [9.17, 15) is 14.1 Å². The molecule has 184 valence electrons. The average molecular weight is 493 g/mol. The first-order valence-electron chi connectivity index (χ1n) is 11.8. The van der Waals surface area contributed by atoms with Gasteiger partial charge in [0.05, 0.1) is 17.3 Å². The number of ether oxygens (including phenoxy) is 1. The minimum absolute atomic E-state index is 0.185. The molecule has 0 saturated carbocycles. The molecule has 6 nitrogen and oxygen atoms in total. The number of cyclic esters (lactones) is 1. The van der Waals surface area contributed by atoms with Crippen molar-refractivity contribution in [2.45, 2.75) is 55.8 Å². The lowest BCUT2D eigenvalue weighted by Crippen LogP contribution is -2.51. The highest BCUT2D eigenvalue weighted by molar-refractivity contribution is 7.84. The topological polar surface area (TPSA) is 79.7 Å². The molecule has 0 bridgehead atoms. The summed E-state index contributed by atoms with van der Waals surface area (Å²) in [6, 6.07) is 21.0. The predicted octanol–water partition coefficient (Wildman–Crippen LogP) is 5.45. The van der Waals surface area contributed by atoms with Crippen LogP contribution in [-0.2, 0) is 21.1 Å². The molecule has 3 atom stereocenters. The van der Waals surface area contributed by atoms with E-state index in [1.165, 1.54) is 0 Å². The Hall–Kier alpha value is -3.03. The molecule has 1 aliphatic rings. The fourth-order valence-corrected chi connectivity index (χ4v) is 5.28. The van der Waals surface area contributed by atoms with E-state index in [-0.39, 0.29) is 12.1 Å². The van der Waals surface area contributed by atoms with Crippen molar-refractivity contribution in [3.63, 3.8) is 0 Å². The molecule has 1 saturated heterocycles. The van der Waals surface area contributed by atoms with Crippen LogP contribution in [0.2, 0.25) is 0 Å². The van der Waals surface area contributed by atoms with Crippen LogP contribution in [0, 0.1) is 0 Å². The van der Waals surface area contributed by atoms with Gasteiger partial charge < -0.3 is 14.7 Å². The Morgan fingerprint density at radius 2 is 1.83 bits per heavy atom. The quantitative estimate of drug-likeness (QED) is 0.475. The third-order valence-electron chi connectivity index (χ3n) is 6.51. The normalized spacial score (nSPS) is 20.3. The number of hydrogen-bond donors (Lipinski definition) is 1. The van der Waals surface area contributed by atoms with Gasteiger partial charge in [0.15, 0.2) is 0 Å². The Labute approximate surface area is 209 Å². The highest BCUT2D eigenvalue weighted by Gasteiger charge is 2.46. The summed E-state index contributed by atoms with van der Waals surface area (Å²) in [6.07, 6.45) is 3.83. The first kappa shape index (κ1) is 25.1. The van der Waals surface area contributed by atoms with Crippen molar-refractivity contribution in [2.24, 2.45) is 0 Å². The van der Waals surface area contributed by atoms with Crippen molar-refractivity contribution in [1.82, 2.24) is 9.88 Å². The van der Waals surface area contributed by atoms with Gasteiger partial charge in [-0.05, 0) is 44.0 Å². The van der Waals surface area contributed by atoms with E-state index < -0.39 is 22.0 Å². The molecule has 1 aliphatic heterocycles. The lowest BCUT2D eigenvalue weighted by Gasteiger charge is -2.45. The minimum atomic E-state index is -1.07. The van der Waals surface area contributed by atoms with Gasteiger partial charge in [0.1, 0.15) is 5.60 Å². The van der Waals surface area contributed by atoms with Crippen LogP contribution in [0.25, 0.3) is 11.3 Å². The molecule has 7 heteroatoms. The van der Waals surface area contributed by atoms with Crippen LogP contribution in [0.4, 0.5) is 4.79 Å². The summed E-state index contributed by atoms with van der Waals surface area (Å²) in [7, 11) is -1.07. The Bertz CT molecular complexity index is 1210. The molecule has 1 unspecified atom stereocenters. The molecule has 0 radical (unpaired) electrons. The Balaban J connectivity index is 1.53. The number of benzene rings is 2. The summed E-state index contributed by atoms with van der Waals surface area (Å²) in [6.45, 7) is 5.98. The third-order valence-corrected chi connectivity index (χ3v) is 7.43. The smallest absolute Gasteiger partial charge is 0.411 e. The summed E-state index contributed by atoms with van der Waals surface area (Å²) in [5.41, 5.74) is 1.70. The lowest BCUT2D eigenvalue weighted by molar-refractivity contribution is -0.101. The number of pyridine rings is 1. The molecule has 0 spiro atoms. The summed E-state index contributed by atoms with van der Waals surface area (Å²) in [4.78, 5) is 20.1. The largest absolute Gasteiger partial charge is 0.438 e. The maximum Gasteiger partial charge on any atom is 0.411 e. The van der Waals surface area contributed by atoms with Gasteiger partial charge in [-0.1, -0.05) is 54.6 Å². The van der Waals surface area contributed by atoms with Crippen molar-refractivity contribution in [3.05, 3.63) is 84.1 Å². The number of carbonyl (C=O) groups is 1. The van der Waals surface area contributed by atoms with E-state index in [0.717, 1.165) is 27.3 Å². The zero-order valence-corrected chi connectivity index (χ0v) is 21.4. The minimum Gasteiger partial charge on any atom is -0.438 e. The van der Waals surface area contributed by atoms with Crippen LogP contribution in [0.15, 0.2) is 77.8 Å². The molecule has 2 aromatic carbocycles. The molecule has 35 heavy (non-hydrogen) atoms. The van der Waals surface area contributed by atoms with E-state index in [4.69, 9.17) is 4.74 Å². The van der Waals surface area contributed by atoms with Crippen molar-refractivity contribution in [3.8, 4) is 11.3 Å². The monoisotopic (exact) mass is 492 g/mol. The molecular weight excluding hydrogens is 460 g/mol. The van der Waals surface area contributed by atoms with E-state index in [2.05, 4.69) is 4.98 Å². The van der Waals surface area contributed by atoms with E-state index in [0.29, 0.717) is 19.4 Å². The summed E-state index contributed by atoms with van der Waals surface area (Å²) in [5.74, 6) is 0. The van der Waals surface area contributed by atoms with Crippen LogP contribution < -0.4 is 0 Å². The summed E-state index contributed by atoms with van der Waals surface area (Å²) < 4.78 is 17.9. The fourth-order valence-electron chi connectivity index (χ4n) is 4.75. The second-order valence-electron chi connectivity index (χ2n) is 9.79. The van der Waals surface area contributed by atoms with Gasteiger partial charge in [0, 0.05) is 53.1 Å². The SMILES string of the molecule is C[C@@H](c1ccc(-c2cc(S(C)=O)ccn2)cc1)N1CC[C@](CC(C)(C)O)(c2ccccc2)OC1=O.